The molecule has 1 atom stereocenters. The van der Waals surface area contributed by atoms with Crippen molar-refractivity contribution in [3.63, 3.8) is 0 Å². The molecule has 1 unspecified atom stereocenters. The third-order valence-corrected chi connectivity index (χ3v) is 2.58. The van der Waals surface area contributed by atoms with Crippen LogP contribution in [0.5, 0.6) is 0 Å². The number of carbonyl (C=O) groups excluding carboxylic acids is 1. The number of hydrogen-bond acceptors (Lipinski definition) is 2. The largest absolute Gasteiger partial charge is 0.321 e. The Morgan fingerprint density at radius 2 is 1.71 bits per heavy atom. The first-order valence-electron chi connectivity index (χ1n) is 5.43. The molecule has 2 nitrogen and oxygen atoms in total. The fourth-order valence-corrected chi connectivity index (χ4v) is 1.51. The van der Waals surface area contributed by atoms with Crippen molar-refractivity contribution in [3.8, 4) is 0 Å². The first-order valence-corrected chi connectivity index (χ1v) is 5.43. The van der Waals surface area contributed by atoms with E-state index < -0.39 is 17.7 Å². The van der Waals surface area contributed by atoms with Crippen LogP contribution in [0, 0.1) is 17.0 Å². The second-order valence-electron chi connectivity index (χ2n) is 5.26. The van der Waals surface area contributed by atoms with E-state index in [1.807, 2.05) is 20.8 Å². The molecule has 4 heteroatoms. The molecule has 0 saturated heterocycles. The first-order chi connectivity index (χ1) is 7.70. The molecule has 94 valence electrons. The quantitative estimate of drug-likeness (QED) is 0.883. The number of benzene rings is 1. The van der Waals surface area contributed by atoms with Gasteiger partial charge in [-0.3, -0.25) is 4.79 Å². The van der Waals surface area contributed by atoms with E-state index in [-0.39, 0.29) is 17.6 Å². The highest BCUT2D eigenvalue weighted by Crippen LogP contribution is 2.19. The van der Waals surface area contributed by atoms with Gasteiger partial charge in [0.15, 0.2) is 5.78 Å². The van der Waals surface area contributed by atoms with Crippen molar-refractivity contribution in [1.82, 2.24) is 0 Å². The minimum absolute atomic E-state index is 0.0485. The lowest BCUT2D eigenvalue weighted by Crippen LogP contribution is -2.43. The zero-order valence-corrected chi connectivity index (χ0v) is 10.3. The van der Waals surface area contributed by atoms with Gasteiger partial charge in [0.1, 0.15) is 11.6 Å². The standard InChI is InChI=1S/C13H17F2NO/c1-13(2,3)12(16)11(17)6-8-4-9(14)7-10(15)5-8/h4-5,7,12H,6,16H2,1-3H3. The number of carbonyl (C=O) groups is 1. The zero-order valence-electron chi connectivity index (χ0n) is 10.3. The Labute approximate surface area is 99.8 Å². The Hall–Kier alpha value is -1.29. The normalized spacial score (nSPS) is 13.5. The van der Waals surface area contributed by atoms with Crippen molar-refractivity contribution in [2.75, 3.05) is 0 Å². The third kappa shape index (κ3) is 3.89. The molecule has 0 aliphatic rings. The molecule has 0 spiro atoms. The van der Waals surface area contributed by atoms with Gasteiger partial charge >= 0.3 is 0 Å². The molecule has 17 heavy (non-hydrogen) atoms. The Morgan fingerprint density at radius 3 is 2.12 bits per heavy atom. The van der Waals surface area contributed by atoms with Crippen LogP contribution in [0.1, 0.15) is 26.3 Å². The lowest BCUT2D eigenvalue weighted by Gasteiger charge is -2.25. The molecule has 0 aliphatic carbocycles. The summed E-state index contributed by atoms with van der Waals surface area (Å²) in [6.07, 6.45) is -0.0485. The first kappa shape index (κ1) is 13.8. The van der Waals surface area contributed by atoms with Crippen molar-refractivity contribution >= 4 is 5.78 Å². The molecule has 0 aromatic heterocycles. The van der Waals surface area contributed by atoms with Crippen LogP contribution in [-0.4, -0.2) is 11.8 Å². The molecule has 0 bridgehead atoms. The Bertz CT molecular complexity index is 404. The summed E-state index contributed by atoms with van der Waals surface area (Å²) in [5.41, 5.74) is 5.74. The summed E-state index contributed by atoms with van der Waals surface area (Å²) in [6, 6.07) is 2.43. The summed E-state index contributed by atoms with van der Waals surface area (Å²) >= 11 is 0. The van der Waals surface area contributed by atoms with Gasteiger partial charge in [-0.15, -0.1) is 0 Å². The highest BCUT2D eigenvalue weighted by molar-refractivity contribution is 5.86. The smallest absolute Gasteiger partial charge is 0.154 e. The minimum Gasteiger partial charge on any atom is -0.321 e. The molecule has 0 fully saturated rings. The van der Waals surface area contributed by atoms with Crippen molar-refractivity contribution in [3.05, 3.63) is 35.4 Å². The molecule has 0 saturated carbocycles. The average Bonchev–Trinajstić information content (AvgIpc) is 2.13. The van der Waals surface area contributed by atoms with E-state index in [1.54, 1.807) is 0 Å². The van der Waals surface area contributed by atoms with Gasteiger partial charge in [-0.1, -0.05) is 20.8 Å². The van der Waals surface area contributed by atoms with Crippen LogP contribution in [0.4, 0.5) is 8.78 Å². The molecule has 0 aliphatic heterocycles. The minimum atomic E-state index is -0.683. The second kappa shape index (κ2) is 4.92. The summed E-state index contributed by atoms with van der Waals surface area (Å²) < 4.78 is 25.9. The van der Waals surface area contributed by atoms with Gasteiger partial charge in [0.05, 0.1) is 6.04 Å². The third-order valence-electron chi connectivity index (χ3n) is 2.58. The SMILES string of the molecule is CC(C)(C)C(N)C(=O)Cc1cc(F)cc(F)c1. The molecular weight excluding hydrogens is 224 g/mol. The van der Waals surface area contributed by atoms with Gasteiger partial charge in [-0.05, 0) is 23.1 Å². The van der Waals surface area contributed by atoms with Crippen LogP contribution in [0.2, 0.25) is 0 Å². The lowest BCUT2D eigenvalue weighted by atomic mass is 9.83. The zero-order chi connectivity index (χ0) is 13.2. The van der Waals surface area contributed by atoms with Crippen LogP contribution >= 0.6 is 0 Å². The van der Waals surface area contributed by atoms with Crippen molar-refractivity contribution in [1.29, 1.82) is 0 Å². The van der Waals surface area contributed by atoms with Crippen LogP contribution < -0.4 is 5.73 Å². The van der Waals surface area contributed by atoms with E-state index in [1.165, 1.54) is 0 Å². The maximum absolute atomic E-state index is 12.9. The van der Waals surface area contributed by atoms with Crippen molar-refractivity contribution in [2.24, 2.45) is 11.1 Å². The lowest BCUT2D eigenvalue weighted by molar-refractivity contribution is -0.121. The number of ketones is 1. The van der Waals surface area contributed by atoms with E-state index in [2.05, 4.69) is 0 Å². The fourth-order valence-electron chi connectivity index (χ4n) is 1.51. The maximum atomic E-state index is 12.9. The van der Waals surface area contributed by atoms with Crippen LogP contribution in [0.3, 0.4) is 0 Å². The van der Waals surface area contributed by atoms with Gasteiger partial charge < -0.3 is 5.73 Å². The van der Waals surface area contributed by atoms with E-state index in [9.17, 15) is 13.6 Å². The van der Waals surface area contributed by atoms with Gasteiger partial charge in [-0.2, -0.15) is 0 Å². The van der Waals surface area contributed by atoms with Crippen molar-refractivity contribution < 1.29 is 13.6 Å². The monoisotopic (exact) mass is 241 g/mol. The van der Waals surface area contributed by atoms with E-state index in [4.69, 9.17) is 5.73 Å². The highest BCUT2D eigenvalue weighted by atomic mass is 19.1. The molecule has 0 radical (unpaired) electrons. The summed E-state index contributed by atoms with van der Waals surface area (Å²) in [5, 5.41) is 0. The molecule has 1 aromatic rings. The second-order valence-corrected chi connectivity index (χ2v) is 5.26. The molecule has 2 N–H and O–H groups in total. The van der Waals surface area contributed by atoms with Gasteiger partial charge in [-0.25, -0.2) is 8.78 Å². The number of halogens is 2. The molecule has 0 heterocycles. The summed E-state index contributed by atoms with van der Waals surface area (Å²) in [7, 11) is 0. The van der Waals surface area contributed by atoms with Gasteiger partial charge in [0, 0.05) is 12.5 Å². The summed E-state index contributed by atoms with van der Waals surface area (Å²) in [6.45, 7) is 5.55. The molecule has 1 rings (SSSR count). The Balaban J connectivity index is 2.81. The number of rotatable bonds is 3. The number of Topliss-reactive ketones (excluding diaryl/α,β-unsaturated/α-hetero) is 1. The van der Waals surface area contributed by atoms with E-state index in [0.717, 1.165) is 18.2 Å². The topological polar surface area (TPSA) is 43.1 Å². The number of hydrogen-bond donors (Lipinski definition) is 1. The van der Waals surface area contributed by atoms with Gasteiger partial charge in [0.2, 0.25) is 0 Å². The van der Waals surface area contributed by atoms with Crippen LogP contribution in [0.25, 0.3) is 0 Å². The van der Waals surface area contributed by atoms with E-state index in [0.29, 0.717) is 5.56 Å². The summed E-state index contributed by atoms with van der Waals surface area (Å²) in [5.74, 6) is -1.59. The highest BCUT2D eigenvalue weighted by Gasteiger charge is 2.27. The maximum Gasteiger partial charge on any atom is 0.154 e. The Morgan fingerprint density at radius 1 is 1.24 bits per heavy atom. The molecular formula is C13H17F2NO. The van der Waals surface area contributed by atoms with Crippen LogP contribution in [-0.2, 0) is 11.2 Å². The van der Waals surface area contributed by atoms with Gasteiger partial charge in [0.25, 0.3) is 0 Å². The van der Waals surface area contributed by atoms with Crippen molar-refractivity contribution in [2.45, 2.75) is 33.2 Å². The van der Waals surface area contributed by atoms with E-state index >= 15 is 0 Å². The molecule has 1 aromatic carbocycles. The fraction of sp³-hybridized carbons (Fsp3) is 0.462. The number of nitrogens with two attached hydrogens (primary N) is 1. The Kier molecular flexibility index (Phi) is 3.98. The predicted octanol–water partition coefficient (Wildman–Crippen LogP) is 2.45. The average molecular weight is 241 g/mol. The molecule has 0 amide bonds. The summed E-state index contributed by atoms with van der Waals surface area (Å²) in [4.78, 5) is 11.8. The van der Waals surface area contributed by atoms with Crippen LogP contribution in [0.15, 0.2) is 18.2 Å². The predicted molar refractivity (Wildman–Crippen MR) is 62.5 cm³/mol.